The average molecular weight is 336 g/mol. The molecule has 0 fully saturated rings. The lowest BCUT2D eigenvalue weighted by Crippen LogP contribution is -2.24. The lowest BCUT2D eigenvalue weighted by atomic mass is 10.2. The Morgan fingerprint density at radius 2 is 2.24 bits per heavy atom. The van der Waals surface area contributed by atoms with Crippen LogP contribution in [0.2, 0.25) is 0 Å². The molecule has 17 heavy (non-hydrogen) atoms. The second-order valence-electron chi connectivity index (χ2n) is 4.19. The molecular weight excluding hydrogens is 314 g/mol. The Balaban J connectivity index is 2.57. The second-order valence-corrected chi connectivity index (χ2v) is 7.47. The van der Waals surface area contributed by atoms with E-state index in [0.717, 1.165) is 17.5 Å². The molecule has 0 amide bonds. The summed E-state index contributed by atoms with van der Waals surface area (Å²) < 4.78 is 1.25. The fraction of sp³-hybridized carbons (Fsp3) is 0.692. The summed E-state index contributed by atoms with van der Waals surface area (Å²) in [5.41, 5.74) is 0. The molecular formula is C13H22BrNS2. The number of thioether (sulfide) groups is 1. The van der Waals surface area contributed by atoms with Crippen LogP contribution in [0.4, 0.5) is 0 Å². The van der Waals surface area contributed by atoms with Gasteiger partial charge >= 0.3 is 0 Å². The van der Waals surface area contributed by atoms with E-state index in [2.05, 4.69) is 65.2 Å². The van der Waals surface area contributed by atoms with Gasteiger partial charge in [-0.05, 0) is 46.8 Å². The molecule has 1 N–H and O–H groups in total. The van der Waals surface area contributed by atoms with E-state index < -0.39 is 0 Å². The zero-order valence-corrected chi connectivity index (χ0v) is 14.1. The molecule has 1 aromatic rings. The third-order valence-electron chi connectivity index (χ3n) is 2.72. The van der Waals surface area contributed by atoms with E-state index in [1.807, 2.05) is 11.3 Å². The molecule has 1 rings (SSSR count). The summed E-state index contributed by atoms with van der Waals surface area (Å²) in [5, 5.41) is 6.56. The lowest BCUT2D eigenvalue weighted by molar-refractivity contribution is 0.582. The molecule has 0 aliphatic heterocycles. The van der Waals surface area contributed by atoms with Crippen LogP contribution in [0.5, 0.6) is 0 Å². The minimum absolute atomic E-state index is 0.489. The fourth-order valence-electron chi connectivity index (χ4n) is 1.48. The maximum Gasteiger partial charge on any atom is 0.0518 e. The summed E-state index contributed by atoms with van der Waals surface area (Å²) in [6.45, 7) is 7.88. The number of hydrogen-bond acceptors (Lipinski definition) is 3. The highest BCUT2D eigenvalue weighted by atomic mass is 79.9. The molecule has 0 aliphatic carbocycles. The van der Waals surface area contributed by atoms with E-state index in [1.165, 1.54) is 22.2 Å². The Morgan fingerprint density at radius 3 is 2.76 bits per heavy atom. The third kappa shape index (κ3) is 5.33. The molecule has 1 heterocycles. The van der Waals surface area contributed by atoms with E-state index >= 15 is 0 Å². The normalized spacial score (nSPS) is 14.8. The van der Waals surface area contributed by atoms with Gasteiger partial charge in [0.2, 0.25) is 0 Å². The number of rotatable bonds is 8. The van der Waals surface area contributed by atoms with Gasteiger partial charge in [-0.15, -0.1) is 11.3 Å². The highest BCUT2D eigenvalue weighted by Gasteiger charge is 2.16. The van der Waals surface area contributed by atoms with Gasteiger partial charge in [0.05, 0.1) is 6.04 Å². The summed E-state index contributed by atoms with van der Waals surface area (Å²) in [4.78, 5) is 1.44. The van der Waals surface area contributed by atoms with Crippen LogP contribution in [0.25, 0.3) is 0 Å². The van der Waals surface area contributed by atoms with Crippen molar-refractivity contribution in [3.05, 3.63) is 20.8 Å². The summed E-state index contributed by atoms with van der Waals surface area (Å²) in [6.07, 6.45) is 2.43. The molecule has 0 aliphatic rings. The zero-order valence-electron chi connectivity index (χ0n) is 10.8. The summed E-state index contributed by atoms with van der Waals surface area (Å²) >= 11 is 7.55. The van der Waals surface area contributed by atoms with Crippen molar-refractivity contribution in [3.63, 3.8) is 0 Å². The van der Waals surface area contributed by atoms with Crippen molar-refractivity contribution < 1.29 is 0 Å². The fourth-order valence-corrected chi connectivity index (χ4v) is 4.35. The molecule has 0 bridgehead atoms. The van der Waals surface area contributed by atoms with Crippen molar-refractivity contribution in [1.82, 2.24) is 5.32 Å². The Morgan fingerprint density at radius 1 is 1.47 bits per heavy atom. The first-order valence-corrected chi connectivity index (χ1v) is 8.99. The van der Waals surface area contributed by atoms with E-state index in [4.69, 9.17) is 0 Å². The largest absolute Gasteiger partial charge is 0.309 e. The van der Waals surface area contributed by atoms with Gasteiger partial charge < -0.3 is 5.32 Å². The molecule has 2 atom stereocenters. The van der Waals surface area contributed by atoms with Gasteiger partial charge in [0.15, 0.2) is 0 Å². The number of halogens is 1. The second kappa shape index (κ2) is 8.57. The SMILES string of the molecule is CCCNC(CSC(C)CC)c1sccc1Br. The standard InChI is InChI=1S/C13H22BrNS2/c1-4-7-15-12(9-17-10(3)5-2)13-11(14)6-8-16-13/h6,8,10,12,15H,4-5,7,9H2,1-3H3. The van der Waals surface area contributed by atoms with Gasteiger partial charge in [0.25, 0.3) is 0 Å². The maximum atomic E-state index is 3.65. The zero-order chi connectivity index (χ0) is 12.7. The first-order chi connectivity index (χ1) is 8.19. The van der Waals surface area contributed by atoms with Crippen LogP contribution in [0, 0.1) is 0 Å². The van der Waals surface area contributed by atoms with Gasteiger partial charge in [-0.25, -0.2) is 0 Å². The van der Waals surface area contributed by atoms with Gasteiger partial charge in [0, 0.05) is 20.4 Å². The quantitative estimate of drug-likeness (QED) is 0.710. The van der Waals surface area contributed by atoms with Crippen molar-refractivity contribution in [2.45, 2.75) is 44.9 Å². The number of hydrogen-bond donors (Lipinski definition) is 1. The van der Waals surface area contributed by atoms with E-state index in [-0.39, 0.29) is 0 Å². The Labute approximate surface area is 122 Å². The van der Waals surface area contributed by atoms with Crippen molar-refractivity contribution in [2.75, 3.05) is 12.3 Å². The van der Waals surface area contributed by atoms with Gasteiger partial charge in [-0.2, -0.15) is 11.8 Å². The maximum absolute atomic E-state index is 3.65. The molecule has 0 radical (unpaired) electrons. The molecule has 0 saturated heterocycles. The third-order valence-corrected chi connectivity index (χ3v) is 6.14. The first kappa shape index (κ1) is 15.5. The van der Waals surface area contributed by atoms with Gasteiger partial charge in [-0.1, -0.05) is 20.8 Å². The minimum Gasteiger partial charge on any atom is -0.309 e. The van der Waals surface area contributed by atoms with Crippen molar-refractivity contribution in [2.24, 2.45) is 0 Å². The smallest absolute Gasteiger partial charge is 0.0518 e. The van der Waals surface area contributed by atoms with Crippen LogP contribution in [0.15, 0.2) is 15.9 Å². The van der Waals surface area contributed by atoms with Crippen molar-refractivity contribution in [1.29, 1.82) is 0 Å². The van der Waals surface area contributed by atoms with Crippen LogP contribution in [0.1, 0.15) is 44.5 Å². The molecule has 1 nitrogen and oxygen atoms in total. The Kier molecular flexibility index (Phi) is 7.84. The summed E-state index contributed by atoms with van der Waals surface area (Å²) in [6, 6.07) is 2.64. The monoisotopic (exact) mass is 335 g/mol. The Bertz CT molecular complexity index is 314. The highest BCUT2D eigenvalue weighted by molar-refractivity contribution is 9.10. The van der Waals surface area contributed by atoms with E-state index in [1.54, 1.807) is 0 Å². The first-order valence-electron chi connectivity index (χ1n) is 6.26. The molecule has 0 saturated carbocycles. The predicted octanol–water partition coefficient (Wildman–Crippen LogP) is 5.08. The van der Waals surface area contributed by atoms with Crippen LogP contribution in [-0.2, 0) is 0 Å². The topological polar surface area (TPSA) is 12.0 Å². The van der Waals surface area contributed by atoms with Gasteiger partial charge in [0.1, 0.15) is 0 Å². The van der Waals surface area contributed by atoms with E-state index in [0.29, 0.717) is 6.04 Å². The molecule has 2 unspecified atom stereocenters. The van der Waals surface area contributed by atoms with Crippen molar-refractivity contribution in [3.8, 4) is 0 Å². The van der Waals surface area contributed by atoms with Gasteiger partial charge in [-0.3, -0.25) is 0 Å². The van der Waals surface area contributed by atoms with Crippen LogP contribution in [-0.4, -0.2) is 17.5 Å². The molecule has 98 valence electrons. The number of thiophene rings is 1. The van der Waals surface area contributed by atoms with Crippen LogP contribution < -0.4 is 5.32 Å². The van der Waals surface area contributed by atoms with Crippen LogP contribution in [0.3, 0.4) is 0 Å². The average Bonchev–Trinajstić information content (AvgIpc) is 2.75. The molecule has 4 heteroatoms. The molecule has 0 aromatic carbocycles. The summed E-state index contributed by atoms with van der Waals surface area (Å²) in [5.74, 6) is 1.16. The Hall–Kier alpha value is 0.490. The lowest BCUT2D eigenvalue weighted by Gasteiger charge is -2.19. The number of nitrogens with one attached hydrogen (secondary N) is 1. The van der Waals surface area contributed by atoms with Crippen molar-refractivity contribution >= 4 is 39.0 Å². The predicted molar refractivity (Wildman–Crippen MR) is 85.3 cm³/mol. The summed E-state index contributed by atoms with van der Waals surface area (Å²) in [7, 11) is 0. The molecule has 0 spiro atoms. The highest BCUT2D eigenvalue weighted by Crippen LogP contribution is 2.32. The molecule has 1 aromatic heterocycles. The minimum atomic E-state index is 0.489. The van der Waals surface area contributed by atoms with Crippen LogP contribution >= 0.6 is 39.0 Å². The van der Waals surface area contributed by atoms with E-state index in [9.17, 15) is 0 Å².